The SMILES string of the molecule is CCCO[C@H]1CCCN(C(=O)Nc2ccc(-n3ccnc3)cc2)C1. The van der Waals surface area contributed by atoms with Gasteiger partial charge in [0.2, 0.25) is 0 Å². The van der Waals surface area contributed by atoms with Gasteiger partial charge in [0.15, 0.2) is 0 Å². The summed E-state index contributed by atoms with van der Waals surface area (Å²) in [5.41, 5.74) is 1.80. The zero-order valence-electron chi connectivity index (χ0n) is 14.0. The molecule has 1 aromatic heterocycles. The maximum Gasteiger partial charge on any atom is 0.321 e. The fourth-order valence-electron chi connectivity index (χ4n) is 2.87. The second-order valence-corrected chi connectivity index (χ2v) is 6.03. The second-order valence-electron chi connectivity index (χ2n) is 6.03. The van der Waals surface area contributed by atoms with E-state index in [9.17, 15) is 4.79 Å². The molecule has 0 aliphatic carbocycles. The van der Waals surface area contributed by atoms with Gasteiger partial charge in [0, 0.05) is 43.5 Å². The minimum absolute atomic E-state index is 0.0600. The molecule has 1 aromatic carbocycles. The van der Waals surface area contributed by atoms with Gasteiger partial charge in [-0.05, 0) is 43.5 Å². The highest BCUT2D eigenvalue weighted by molar-refractivity contribution is 5.89. The largest absolute Gasteiger partial charge is 0.376 e. The lowest BCUT2D eigenvalue weighted by Crippen LogP contribution is -2.45. The molecule has 2 aromatic rings. The summed E-state index contributed by atoms with van der Waals surface area (Å²) in [4.78, 5) is 18.3. The third-order valence-electron chi connectivity index (χ3n) is 4.14. The smallest absolute Gasteiger partial charge is 0.321 e. The van der Waals surface area contributed by atoms with Crippen LogP contribution >= 0.6 is 0 Å². The first-order chi connectivity index (χ1) is 11.8. The van der Waals surface area contributed by atoms with Gasteiger partial charge in [-0.3, -0.25) is 0 Å². The normalized spacial score (nSPS) is 17.7. The Morgan fingerprint density at radius 1 is 1.38 bits per heavy atom. The Morgan fingerprint density at radius 2 is 2.21 bits per heavy atom. The molecule has 2 amide bonds. The van der Waals surface area contributed by atoms with Crippen LogP contribution in [0.3, 0.4) is 0 Å². The topological polar surface area (TPSA) is 59.4 Å². The molecule has 0 radical (unpaired) electrons. The molecular formula is C18H24N4O2. The third kappa shape index (κ3) is 4.14. The predicted octanol–water partition coefficient (Wildman–Crippen LogP) is 3.30. The standard InChI is InChI=1S/C18H24N4O2/c1-2-12-24-17-4-3-10-21(13-17)18(23)20-15-5-7-16(8-6-15)22-11-9-19-14-22/h5-9,11,14,17H,2-4,10,12-13H2,1H3,(H,20,23)/t17-/m0/s1. The van der Waals surface area contributed by atoms with E-state index in [1.165, 1.54) is 0 Å². The van der Waals surface area contributed by atoms with Gasteiger partial charge in [-0.1, -0.05) is 6.92 Å². The number of likely N-dealkylation sites (tertiary alicyclic amines) is 1. The van der Waals surface area contributed by atoms with E-state index in [-0.39, 0.29) is 12.1 Å². The van der Waals surface area contributed by atoms with Crippen LogP contribution in [0.1, 0.15) is 26.2 Å². The number of hydrogen-bond donors (Lipinski definition) is 1. The minimum Gasteiger partial charge on any atom is -0.376 e. The van der Waals surface area contributed by atoms with Crippen LogP contribution in [0, 0.1) is 0 Å². The zero-order chi connectivity index (χ0) is 16.8. The number of nitrogens with zero attached hydrogens (tertiary/aromatic N) is 3. The Bertz CT molecular complexity index is 640. The highest BCUT2D eigenvalue weighted by Crippen LogP contribution is 2.17. The number of amides is 2. The number of nitrogens with one attached hydrogen (secondary N) is 1. The first-order valence-corrected chi connectivity index (χ1v) is 8.52. The summed E-state index contributed by atoms with van der Waals surface area (Å²) in [6.07, 6.45) is 8.56. The summed E-state index contributed by atoms with van der Waals surface area (Å²) in [5, 5.41) is 2.97. The third-order valence-corrected chi connectivity index (χ3v) is 4.14. The van der Waals surface area contributed by atoms with E-state index in [1.54, 1.807) is 12.5 Å². The number of carbonyl (C=O) groups is 1. The Kier molecular flexibility index (Phi) is 5.48. The van der Waals surface area contributed by atoms with Gasteiger partial charge < -0.3 is 19.5 Å². The van der Waals surface area contributed by atoms with Crippen LogP contribution in [0.15, 0.2) is 43.0 Å². The molecule has 3 rings (SSSR count). The molecule has 2 heterocycles. The van der Waals surface area contributed by atoms with Gasteiger partial charge >= 0.3 is 6.03 Å². The van der Waals surface area contributed by atoms with Gasteiger partial charge in [-0.2, -0.15) is 0 Å². The number of aromatic nitrogens is 2. The number of imidazole rings is 1. The number of rotatable bonds is 5. The maximum absolute atomic E-state index is 12.4. The summed E-state index contributed by atoms with van der Waals surface area (Å²) < 4.78 is 7.71. The lowest BCUT2D eigenvalue weighted by molar-refractivity contribution is 0.0115. The molecule has 0 bridgehead atoms. The van der Waals surface area contributed by atoms with E-state index in [2.05, 4.69) is 17.2 Å². The Morgan fingerprint density at radius 3 is 2.92 bits per heavy atom. The average Bonchev–Trinajstić information content (AvgIpc) is 3.15. The number of anilines is 1. The fourth-order valence-corrected chi connectivity index (χ4v) is 2.87. The zero-order valence-corrected chi connectivity index (χ0v) is 14.0. The van der Waals surface area contributed by atoms with Crippen molar-refractivity contribution < 1.29 is 9.53 Å². The van der Waals surface area contributed by atoms with E-state index in [0.717, 1.165) is 43.8 Å². The molecule has 128 valence electrons. The van der Waals surface area contributed by atoms with Gasteiger partial charge in [0.05, 0.1) is 12.4 Å². The number of carbonyl (C=O) groups excluding carboxylic acids is 1. The number of ether oxygens (including phenoxy) is 1. The first kappa shape index (κ1) is 16.5. The molecule has 6 nitrogen and oxygen atoms in total. The maximum atomic E-state index is 12.4. The van der Waals surface area contributed by atoms with Crippen molar-refractivity contribution in [2.75, 3.05) is 25.0 Å². The van der Waals surface area contributed by atoms with Crippen molar-refractivity contribution in [3.8, 4) is 5.69 Å². The van der Waals surface area contributed by atoms with Crippen LogP contribution in [0.5, 0.6) is 0 Å². The number of urea groups is 1. The van der Waals surface area contributed by atoms with Crippen molar-refractivity contribution in [3.05, 3.63) is 43.0 Å². The van der Waals surface area contributed by atoms with E-state index >= 15 is 0 Å². The van der Waals surface area contributed by atoms with Crippen LogP contribution in [0.25, 0.3) is 5.69 Å². The van der Waals surface area contributed by atoms with Crippen molar-refractivity contribution in [1.82, 2.24) is 14.5 Å². The van der Waals surface area contributed by atoms with Crippen LogP contribution in [0.2, 0.25) is 0 Å². The lowest BCUT2D eigenvalue weighted by atomic mass is 10.1. The summed E-state index contributed by atoms with van der Waals surface area (Å²) in [7, 11) is 0. The van der Waals surface area contributed by atoms with E-state index < -0.39 is 0 Å². The Labute approximate surface area is 142 Å². The van der Waals surface area contributed by atoms with Crippen molar-refractivity contribution in [2.45, 2.75) is 32.3 Å². The van der Waals surface area contributed by atoms with Gasteiger partial charge in [-0.25, -0.2) is 9.78 Å². The second kappa shape index (κ2) is 7.97. The molecular weight excluding hydrogens is 304 g/mol. The highest BCUT2D eigenvalue weighted by atomic mass is 16.5. The fraction of sp³-hybridized carbons (Fsp3) is 0.444. The van der Waals surface area contributed by atoms with Crippen LogP contribution in [0.4, 0.5) is 10.5 Å². The molecule has 0 spiro atoms. The molecule has 0 unspecified atom stereocenters. The number of benzene rings is 1. The van der Waals surface area contributed by atoms with Crippen LogP contribution in [-0.2, 0) is 4.74 Å². The van der Waals surface area contributed by atoms with E-state index in [1.807, 2.05) is 39.9 Å². The number of piperidine rings is 1. The van der Waals surface area contributed by atoms with E-state index in [4.69, 9.17) is 4.74 Å². The monoisotopic (exact) mass is 328 g/mol. The molecule has 6 heteroatoms. The van der Waals surface area contributed by atoms with Crippen molar-refractivity contribution in [2.24, 2.45) is 0 Å². The predicted molar refractivity (Wildman–Crippen MR) is 93.4 cm³/mol. The first-order valence-electron chi connectivity index (χ1n) is 8.52. The number of hydrogen-bond acceptors (Lipinski definition) is 3. The lowest BCUT2D eigenvalue weighted by Gasteiger charge is -2.32. The summed E-state index contributed by atoms with van der Waals surface area (Å²) >= 11 is 0. The van der Waals surface area contributed by atoms with Gasteiger partial charge in [-0.15, -0.1) is 0 Å². The van der Waals surface area contributed by atoms with Crippen LogP contribution in [-0.4, -0.2) is 46.3 Å². The molecule has 1 aliphatic heterocycles. The minimum atomic E-state index is -0.0600. The molecule has 1 N–H and O–H groups in total. The molecule has 1 fully saturated rings. The van der Waals surface area contributed by atoms with Crippen LogP contribution < -0.4 is 5.32 Å². The van der Waals surface area contributed by atoms with Crippen molar-refractivity contribution in [1.29, 1.82) is 0 Å². The summed E-state index contributed by atoms with van der Waals surface area (Å²) in [6, 6.07) is 7.67. The molecule has 0 saturated carbocycles. The Balaban J connectivity index is 1.56. The van der Waals surface area contributed by atoms with Gasteiger partial charge in [0.25, 0.3) is 0 Å². The van der Waals surface area contributed by atoms with Crippen molar-refractivity contribution in [3.63, 3.8) is 0 Å². The quantitative estimate of drug-likeness (QED) is 0.916. The highest BCUT2D eigenvalue weighted by Gasteiger charge is 2.24. The average molecular weight is 328 g/mol. The molecule has 1 atom stereocenters. The Hall–Kier alpha value is -2.34. The molecule has 1 aliphatic rings. The summed E-state index contributed by atoms with van der Waals surface area (Å²) in [5.74, 6) is 0. The molecule has 1 saturated heterocycles. The van der Waals surface area contributed by atoms with Gasteiger partial charge in [0.1, 0.15) is 0 Å². The van der Waals surface area contributed by atoms with E-state index in [0.29, 0.717) is 6.54 Å². The summed E-state index contributed by atoms with van der Waals surface area (Å²) in [6.45, 7) is 4.31. The van der Waals surface area contributed by atoms with Crippen molar-refractivity contribution >= 4 is 11.7 Å². The molecule has 24 heavy (non-hydrogen) atoms.